The van der Waals surface area contributed by atoms with Crippen LogP contribution < -0.4 is 5.73 Å². The number of hydrogen-bond acceptors (Lipinski definition) is 5. The Balaban J connectivity index is 2.61. The van der Waals surface area contributed by atoms with E-state index in [1.54, 1.807) is 19.1 Å². The van der Waals surface area contributed by atoms with Gasteiger partial charge in [-0.2, -0.15) is 0 Å². The lowest BCUT2D eigenvalue weighted by atomic mass is 10.2. The number of rotatable bonds is 2. The molecule has 0 spiro atoms. The summed E-state index contributed by atoms with van der Waals surface area (Å²) in [6.07, 6.45) is -1.00. The molecule has 0 saturated heterocycles. The second-order valence-electron chi connectivity index (χ2n) is 2.69. The average molecular weight is 209 g/mol. The maximum absolute atomic E-state index is 11.3. The van der Waals surface area contributed by atoms with E-state index >= 15 is 0 Å². The smallest absolute Gasteiger partial charge is 0.434 e. The van der Waals surface area contributed by atoms with Gasteiger partial charge in [-0.15, -0.1) is 0 Å². The fourth-order valence-corrected chi connectivity index (χ4v) is 0.901. The van der Waals surface area contributed by atoms with Crippen LogP contribution >= 0.6 is 0 Å². The summed E-state index contributed by atoms with van der Waals surface area (Å²) in [7, 11) is 0. The summed E-state index contributed by atoms with van der Waals surface area (Å²) in [4.78, 5) is 22.1. The van der Waals surface area contributed by atoms with E-state index in [9.17, 15) is 9.59 Å². The molecule has 0 heterocycles. The summed E-state index contributed by atoms with van der Waals surface area (Å²) in [6.45, 7) is 1.78. The molecule has 0 bridgehead atoms. The minimum absolute atomic E-state index is 0.161. The first-order valence-corrected chi connectivity index (χ1v) is 4.38. The molecule has 0 saturated carbocycles. The van der Waals surface area contributed by atoms with Crippen LogP contribution in [0.4, 0.5) is 10.5 Å². The Kier molecular flexibility index (Phi) is 3.68. The molecule has 0 fully saturated rings. The number of hydrogen-bond donors (Lipinski definition) is 1. The van der Waals surface area contributed by atoms with Gasteiger partial charge in [0.1, 0.15) is 0 Å². The summed E-state index contributed by atoms with van der Waals surface area (Å²) in [6, 6.07) is 6.03. The second-order valence-corrected chi connectivity index (χ2v) is 2.69. The van der Waals surface area contributed by atoms with E-state index < -0.39 is 12.1 Å². The highest BCUT2D eigenvalue weighted by Crippen LogP contribution is 2.07. The van der Waals surface area contributed by atoms with Gasteiger partial charge >= 0.3 is 12.1 Å². The number of carbonyl (C=O) groups excluding carboxylic acids is 2. The Bertz CT molecular complexity index is 358. The molecule has 0 atom stereocenters. The number of nitrogen functional groups attached to an aromatic ring is 1. The molecule has 0 aliphatic carbocycles. The molecule has 0 aliphatic rings. The van der Waals surface area contributed by atoms with Gasteiger partial charge < -0.3 is 15.2 Å². The summed E-state index contributed by atoms with van der Waals surface area (Å²) < 4.78 is 8.83. The zero-order chi connectivity index (χ0) is 11.3. The number of nitrogens with two attached hydrogens (primary N) is 1. The minimum Gasteiger partial charge on any atom is -0.434 e. The van der Waals surface area contributed by atoms with Crippen molar-refractivity contribution in [2.24, 2.45) is 0 Å². The van der Waals surface area contributed by atoms with Crippen LogP contribution in [-0.4, -0.2) is 18.7 Å². The third-order valence-electron chi connectivity index (χ3n) is 1.58. The van der Waals surface area contributed by atoms with Gasteiger partial charge in [0.25, 0.3) is 0 Å². The number of benzene rings is 1. The van der Waals surface area contributed by atoms with Crippen LogP contribution in [0.5, 0.6) is 0 Å². The zero-order valence-electron chi connectivity index (χ0n) is 8.23. The molecular weight excluding hydrogens is 198 g/mol. The van der Waals surface area contributed by atoms with E-state index in [4.69, 9.17) is 5.73 Å². The topological polar surface area (TPSA) is 78.6 Å². The van der Waals surface area contributed by atoms with Crippen LogP contribution in [-0.2, 0) is 9.47 Å². The van der Waals surface area contributed by atoms with Crippen LogP contribution in [0, 0.1) is 0 Å². The number of esters is 1. The van der Waals surface area contributed by atoms with Crippen molar-refractivity contribution in [3.05, 3.63) is 29.8 Å². The molecule has 15 heavy (non-hydrogen) atoms. The molecule has 0 aliphatic heterocycles. The van der Waals surface area contributed by atoms with Gasteiger partial charge in [-0.3, -0.25) is 0 Å². The molecule has 1 aromatic rings. The molecule has 0 radical (unpaired) electrons. The fraction of sp³-hybridized carbons (Fsp3) is 0.200. The standard InChI is InChI=1S/C10H11NO4/c1-2-14-10(13)15-9(12)7-3-5-8(11)6-4-7/h3-6H,2,11H2,1H3. The molecule has 5 nitrogen and oxygen atoms in total. The normalized spacial score (nSPS) is 9.40. The first-order chi connectivity index (χ1) is 7.13. The number of anilines is 1. The Hall–Kier alpha value is -2.04. The van der Waals surface area contributed by atoms with Crippen molar-refractivity contribution in [2.45, 2.75) is 6.92 Å². The van der Waals surface area contributed by atoms with Gasteiger partial charge in [0.2, 0.25) is 0 Å². The van der Waals surface area contributed by atoms with Crippen LogP contribution in [0.15, 0.2) is 24.3 Å². The molecule has 1 rings (SSSR count). The molecule has 0 aromatic heterocycles. The van der Waals surface area contributed by atoms with Crippen LogP contribution in [0.25, 0.3) is 0 Å². The highest BCUT2D eigenvalue weighted by atomic mass is 16.7. The van der Waals surface area contributed by atoms with Crippen molar-refractivity contribution in [3.63, 3.8) is 0 Å². The van der Waals surface area contributed by atoms with Gasteiger partial charge in [0.05, 0.1) is 12.2 Å². The molecule has 1 aromatic carbocycles. The molecular formula is C10H11NO4. The van der Waals surface area contributed by atoms with Crippen molar-refractivity contribution in [3.8, 4) is 0 Å². The Labute approximate surface area is 86.8 Å². The van der Waals surface area contributed by atoms with Crippen molar-refractivity contribution < 1.29 is 19.1 Å². The number of ether oxygens (including phenoxy) is 2. The first-order valence-electron chi connectivity index (χ1n) is 4.38. The van der Waals surface area contributed by atoms with Crippen LogP contribution in [0.1, 0.15) is 17.3 Å². The van der Waals surface area contributed by atoms with Crippen molar-refractivity contribution in [1.82, 2.24) is 0 Å². The average Bonchev–Trinajstić information content (AvgIpc) is 2.18. The largest absolute Gasteiger partial charge is 0.516 e. The molecule has 2 N–H and O–H groups in total. The summed E-state index contributed by atoms with van der Waals surface area (Å²) in [5, 5.41) is 0. The fourth-order valence-electron chi connectivity index (χ4n) is 0.901. The predicted octanol–water partition coefficient (Wildman–Crippen LogP) is 1.58. The predicted molar refractivity (Wildman–Crippen MR) is 53.3 cm³/mol. The highest BCUT2D eigenvalue weighted by Gasteiger charge is 2.12. The summed E-state index contributed by atoms with van der Waals surface area (Å²) in [5.41, 5.74) is 6.21. The van der Waals surface area contributed by atoms with Crippen molar-refractivity contribution in [2.75, 3.05) is 12.3 Å². The maximum atomic E-state index is 11.3. The zero-order valence-corrected chi connectivity index (χ0v) is 8.23. The minimum atomic E-state index is -1.00. The van der Waals surface area contributed by atoms with Gasteiger partial charge in [0.15, 0.2) is 0 Å². The van der Waals surface area contributed by atoms with E-state index in [1.807, 2.05) is 0 Å². The first kappa shape index (κ1) is 11.0. The molecule has 0 amide bonds. The van der Waals surface area contributed by atoms with E-state index in [1.165, 1.54) is 12.1 Å². The lowest BCUT2D eigenvalue weighted by Crippen LogP contribution is -2.13. The molecule has 5 heteroatoms. The number of carbonyl (C=O) groups is 2. The van der Waals surface area contributed by atoms with Crippen LogP contribution in [0.3, 0.4) is 0 Å². The van der Waals surface area contributed by atoms with Gasteiger partial charge in [-0.1, -0.05) is 0 Å². The van der Waals surface area contributed by atoms with E-state index in [0.717, 1.165) is 0 Å². The third kappa shape index (κ3) is 3.30. The SMILES string of the molecule is CCOC(=O)OC(=O)c1ccc(N)cc1. The second kappa shape index (κ2) is 4.99. The van der Waals surface area contributed by atoms with E-state index in [0.29, 0.717) is 5.69 Å². The van der Waals surface area contributed by atoms with Crippen molar-refractivity contribution >= 4 is 17.8 Å². The van der Waals surface area contributed by atoms with Gasteiger partial charge in [-0.05, 0) is 31.2 Å². The van der Waals surface area contributed by atoms with Gasteiger partial charge in [0, 0.05) is 5.69 Å². The lowest BCUT2D eigenvalue weighted by Gasteiger charge is -2.02. The third-order valence-corrected chi connectivity index (χ3v) is 1.58. The lowest BCUT2D eigenvalue weighted by molar-refractivity contribution is 0.0401. The van der Waals surface area contributed by atoms with Crippen LogP contribution in [0.2, 0.25) is 0 Å². The Morgan fingerprint density at radius 2 is 1.87 bits per heavy atom. The van der Waals surface area contributed by atoms with Gasteiger partial charge in [-0.25, -0.2) is 9.59 Å². The van der Waals surface area contributed by atoms with E-state index in [2.05, 4.69) is 9.47 Å². The molecule has 80 valence electrons. The Morgan fingerprint density at radius 1 is 1.27 bits per heavy atom. The summed E-state index contributed by atoms with van der Waals surface area (Å²) in [5.74, 6) is -0.756. The van der Waals surface area contributed by atoms with E-state index in [-0.39, 0.29) is 12.2 Å². The monoisotopic (exact) mass is 209 g/mol. The quantitative estimate of drug-likeness (QED) is 0.454. The molecule has 0 unspecified atom stereocenters. The van der Waals surface area contributed by atoms with Crippen molar-refractivity contribution in [1.29, 1.82) is 0 Å². The highest BCUT2D eigenvalue weighted by molar-refractivity contribution is 5.95. The maximum Gasteiger partial charge on any atom is 0.516 e. The Morgan fingerprint density at radius 3 is 2.40 bits per heavy atom. The summed E-state index contributed by atoms with van der Waals surface area (Å²) >= 11 is 0.